The number of aromatic amines is 1. The van der Waals surface area contributed by atoms with Gasteiger partial charge in [-0.05, 0) is 37.6 Å². The molecule has 1 unspecified atom stereocenters. The van der Waals surface area contributed by atoms with Crippen molar-refractivity contribution < 1.29 is 14.3 Å². The molecule has 0 aliphatic carbocycles. The predicted octanol–water partition coefficient (Wildman–Crippen LogP) is 3.91. The number of carbonyl (C=O) groups excluding carboxylic acids is 1. The maximum Gasteiger partial charge on any atom is 0.324 e. The number of H-pyrrole nitrogens is 1. The van der Waals surface area contributed by atoms with Crippen molar-refractivity contribution in [3.8, 4) is 0 Å². The third-order valence-corrected chi connectivity index (χ3v) is 7.53. The third kappa shape index (κ3) is 5.64. The molecular weight excluding hydrogens is 444 g/mol. The van der Waals surface area contributed by atoms with Gasteiger partial charge in [-0.15, -0.1) is 11.8 Å². The van der Waals surface area contributed by atoms with Gasteiger partial charge in [-0.3, -0.25) is 14.7 Å². The highest BCUT2D eigenvalue weighted by atomic mass is 32.2. The first-order valence-electron chi connectivity index (χ1n) is 10.8. The molecule has 0 saturated carbocycles. The minimum Gasteiger partial charge on any atom is -0.465 e. The lowest BCUT2D eigenvalue weighted by Crippen LogP contribution is -2.49. The Morgan fingerprint density at radius 2 is 2.06 bits per heavy atom. The van der Waals surface area contributed by atoms with E-state index in [1.165, 1.54) is 0 Å². The number of imidazole rings is 1. The number of carbonyl (C=O) groups is 1. The van der Waals surface area contributed by atoms with E-state index in [1.807, 2.05) is 43.5 Å². The van der Waals surface area contributed by atoms with Crippen molar-refractivity contribution in [3.05, 3.63) is 47.8 Å². The summed E-state index contributed by atoms with van der Waals surface area (Å²) in [5.74, 6) is 1.21. The van der Waals surface area contributed by atoms with E-state index in [9.17, 15) is 4.79 Å². The molecule has 1 aliphatic rings. The number of thioether (sulfide) groups is 2. The molecule has 9 heteroatoms. The van der Waals surface area contributed by atoms with Crippen LogP contribution in [0.2, 0.25) is 0 Å². The number of benzene rings is 1. The summed E-state index contributed by atoms with van der Waals surface area (Å²) in [6.45, 7) is 7.13. The van der Waals surface area contributed by atoms with Crippen LogP contribution in [0.15, 0.2) is 46.6 Å². The zero-order chi connectivity index (χ0) is 22.3. The van der Waals surface area contributed by atoms with E-state index < -0.39 is 0 Å². The Bertz CT molecular complexity index is 1020. The minimum atomic E-state index is -0.273. The number of morpholine rings is 1. The largest absolute Gasteiger partial charge is 0.465 e. The van der Waals surface area contributed by atoms with E-state index in [-0.39, 0.29) is 12.0 Å². The first-order chi connectivity index (χ1) is 15.7. The highest BCUT2D eigenvalue weighted by Crippen LogP contribution is 2.29. The van der Waals surface area contributed by atoms with Crippen LogP contribution >= 0.6 is 23.5 Å². The summed E-state index contributed by atoms with van der Waals surface area (Å²) in [6, 6.07) is 9.78. The average molecular weight is 473 g/mol. The Morgan fingerprint density at radius 3 is 2.84 bits per heavy atom. The summed E-state index contributed by atoms with van der Waals surface area (Å²) in [5, 5.41) is 0.889. The number of esters is 1. The lowest BCUT2D eigenvalue weighted by Gasteiger charge is -2.32. The van der Waals surface area contributed by atoms with Gasteiger partial charge in [0.25, 0.3) is 0 Å². The summed E-state index contributed by atoms with van der Waals surface area (Å²) in [6.07, 6.45) is 1.85. The molecule has 1 saturated heterocycles. The van der Waals surface area contributed by atoms with Gasteiger partial charge in [-0.25, -0.2) is 4.98 Å². The molecule has 32 heavy (non-hydrogen) atoms. The maximum absolute atomic E-state index is 12.6. The standard InChI is InChI=1S/C23H28N4O3S2/c1-3-30-22(28)20(27-10-12-29-13-11-27)15-31-21-8-9-24-19(16(21)2)14-32-23-25-17-6-4-5-7-18(17)26-23/h4-9,20H,3,10-15H2,1-2H3,(H,25,26). The summed E-state index contributed by atoms with van der Waals surface area (Å²) >= 11 is 3.33. The van der Waals surface area contributed by atoms with Crippen LogP contribution in [-0.2, 0) is 20.0 Å². The van der Waals surface area contributed by atoms with E-state index in [1.54, 1.807) is 23.5 Å². The fraction of sp³-hybridized carbons (Fsp3) is 0.435. The fourth-order valence-corrected chi connectivity index (χ4v) is 5.70. The average Bonchev–Trinajstić information content (AvgIpc) is 3.23. The molecule has 3 aromatic rings. The Morgan fingerprint density at radius 1 is 1.25 bits per heavy atom. The van der Waals surface area contributed by atoms with Crippen LogP contribution in [-0.4, -0.2) is 70.5 Å². The van der Waals surface area contributed by atoms with Crippen molar-refractivity contribution in [3.63, 3.8) is 0 Å². The number of ether oxygens (including phenoxy) is 2. The van der Waals surface area contributed by atoms with E-state index in [0.29, 0.717) is 25.6 Å². The minimum absolute atomic E-state index is 0.158. The zero-order valence-electron chi connectivity index (χ0n) is 18.4. The molecule has 4 rings (SSSR count). The van der Waals surface area contributed by atoms with Gasteiger partial charge in [-0.1, -0.05) is 23.9 Å². The van der Waals surface area contributed by atoms with Crippen molar-refractivity contribution in [2.24, 2.45) is 0 Å². The number of hydrogen-bond acceptors (Lipinski definition) is 8. The summed E-state index contributed by atoms with van der Waals surface area (Å²) in [7, 11) is 0. The Balaban J connectivity index is 1.41. The Hall–Kier alpha value is -2.07. The summed E-state index contributed by atoms with van der Waals surface area (Å²) in [4.78, 5) is 28.5. The van der Waals surface area contributed by atoms with Crippen LogP contribution in [0.1, 0.15) is 18.2 Å². The van der Waals surface area contributed by atoms with Gasteiger partial charge in [0.2, 0.25) is 0 Å². The third-order valence-electron chi connectivity index (χ3n) is 5.41. The number of rotatable bonds is 9. The number of para-hydroxylation sites is 2. The van der Waals surface area contributed by atoms with Crippen LogP contribution in [0.3, 0.4) is 0 Å². The second kappa shape index (κ2) is 11.2. The lowest BCUT2D eigenvalue weighted by molar-refractivity contribution is -0.150. The van der Waals surface area contributed by atoms with Crippen LogP contribution in [0.4, 0.5) is 0 Å². The van der Waals surface area contributed by atoms with Crippen LogP contribution in [0.5, 0.6) is 0 Å². The molecule has 1 fully saturated rings. The number of hydrogen-bond donors (Lipinski definition) is 1. The molecule has 3 heterocycles. The van der Waals surface area contributed by atoms with Crippen molar-refractivity contribution in [2.75, 3.05) is 38.7 Å². The second-order valence-corrected chi connectivity index (χ2v) is 9.48. The van der Waals surface area contributed by atoms with E-state index in [0.717, 1.165) is 51.2 Å². The van der Waals surface area contributed by atoms with Crippen molar-refractivity contribution in [1.82, 2.24) is 19.9 Å². The monoisotopic (exact) mass is 472 g/mol. The van der Waals surface area contributed by atoms with Gasteiger partial charge < -0.3 is 14.5 Å². The molecule has 0 bridgehead atoms. The maximum atomic E-state index is 12.6. The smallest absolute Gasteiger partial charge is 0.324 e. The molecule has 1 aliphatic heterocycles. The fourth-order valence-electron chi connectivity index (χ4n) is 3.61. The SMILES string of the molecule is CCOC(=O)C(CSc1ccnc(CSc2nc3ccccc3[nH]2)c1C)N1CCOCC1. The molecule has 0 radical (unpaired) electrons. The molecule has 7 nitrogen and oxygen atoms in total. The van der Waals surface area contributed by atoms with Crippen molar-refractivity contribution in [2.45, 2.75) is 35.7 Å². The molecule has 1 aromatic carbocycles. The van der Waals surface area contributed by atoms with Crippen molar-refractivity contribution >= 4 is 40.5 Å². The number of pyridine rings is 1. The number of aromatic nitrogens is 3. The Labute approximate surface area is 196 Å². The summed E-state index contributed by atoms with van der Waals surface area (Å²) in [5.41, 5.74) is 4.18. The van der Waals surface area contributed by atoms with Gasteiger partial charge in [0.1, 0.15) is 6.04 Å². The molecule has 0 amide bonds. The molecule has 1 atom stereocenters. The number of fused-ring (bicyclic) bond motifs is 1. The molecule has 170 valence electrons. The van der Waals surface area contributed by atoms with Crippen LogP contribution in [0.25, 0.3) is 11.0 Å². The number of nitrogens with one attached hydrogen (secondary N) is 1. The van der Waals surface area contributed by atoms with Crippen molar-refractivity contribution in [1.29, 1.82) is 0 Å². The quantitative estimate of drug-likeness (QED) is 0.371. The van der Waals surface area contributed by atoms with Crippen LogP contribution < -0.4 is 0 Å². The van der Waals surface area contributed by atoms with E-state index in [2.05, 4.69) is 26.8 Å². The zero-order valence-corrected chi connectivity index (χ0v) is 20.0. The van der Waals surface area contributed by atoms with Gasteiger partial charge in [0, 0.05) is 35.7 Å². The first-order valence-corrected chi connectivity index (χ1v) is 12.8. The van der Waals surface area contributed by atoms with Gasteiger partial charge in [-0.2, -0.15) is 0 Å². The topological polar surface area (TPSA) is 80.3 Å². The molecule has 2 aromatic heterocycles. The molecule has 1 N–H and O–H groups in total. The van der Waals surface area contributed by atoms with Gasteiger partial charge in [0.05, 0.1) is 36.5 Å². The van der Waals surface area contributed by atoms with Gasteiger partial charge in [0.15, 0.2) is 5.16 Å². The molecule has 0 spiro atoms. The first kappa shape index (κ1) is 23.1. The van der Waals surface area contributed by atoms with Gasteiger partial charge >= 0.3 is 5.97 Å². The lowest BCUT2D eigenvalue weighted by atomic mass is 10.2. The van der Waals surface area contributed by atoms with Crippen LogP contribution in [0, 0.1) is 6.92 Å². The summed E-state index contributed by atoms with van der Waals surface area (Å²) < 4.78 is 10.8. The highest BCUT2D eigenvalue weighted by molar-refractivity contribution is 7.99. The predicted molar refractivity (Wildman–Crippen MR) is 128 cm³/mol. The van der Waals surface area contributed by atoms with E-state index >= 15 is 0 Å². The highest BCUT2D eigenvalue weighted by Gasteiger charge is 2.29. The van der Waals surface area contributed by atoms with E-state index in [4.69, 9.17) is 9.47 Å². The molecular formula is C23H28N4O3S2. The normalized spacial score (nSPS) is 15.7. The number of nitrogens with zero attached hydrogens (tertiary/aromatic N) is 3. The Kier molecular flexibility index (Phi) is 8.07. The second-order valence-electron chi connectivity index (χ2n) is 7.46.